The maximum Gasteiger partial charge on any atom is 0.120 e. The fraction of sp³-hybridized carbons (Fsp3) is 0.565. The van der Waals surface area contributed by atoms with Crippen LogP contribution >= 0.6 is 0 Å². The molecule has 2 aromatic rings. The summed E-state index contributed by atoms with van der Waals surface area (Å²) in [7, 11) is 0. The molecule has 162 valence electrons. The first-order valence-electron chi connectivity index (χ1n) is 10.3. The second-order valence-corrected chi connectivity index (χ2v) is 7.44. The number of rotatable bonds is 14. The van der Waals surface area contributed by atoms with Crippen LogP contribution in [0, 0.1) is 0 Å². The van der Waals surface area contributed by atoms with Gasteiger partial charge in [0.05, 0.1) is 38.6 Å². The normalized spacial score (nSPS) is 14.8. The molecule has 0 radical (unpaired) electrons. The Balaban J connectivity index is 1.67. The van der Waals surface area contributed by atoms with E-state index >= 15 is 0 Å². The zero-order valence-corrected chi connectivity index (χ0v) is 17.8. The minimum absolute atomic E-state index is 0.0503. The van der Waals surface area contributed by atoms with E-state index in [0.717, 1.165) is 11.1 Å². The van der Waals surface area contributed by atoms with Crippen LogP contribution in [-0.2, 0) is 9.47 Å². The van der Waals surface area contributed by atoms with E-state index in [1.54, 1.807) is 0 Å². The third-order valence-corrected chi connectivity index (χ3v) is 4.84. The Morgan fingerprint density at radius 2 is 1.41 bits per heavy atom. The van der Waals surface area contributed by atoms with E-state index in [-0.39, 0.29) is 31.5 Å². The molecule has 0 saturated carbocycles. The van der Waals surface area contributed by atoms with Gasteiger partial charge in [-0.2, -0.15) is 0 Å². The van der Waals surface area contributed by atoms with Crippen LogP contribution in [-0.4, -0.2) is 79.5 Å². The Morgan fingerprint density at radius 3 is 2.10 bits per heavy atom. The average Bonchev–Trinajstić information content (AvgIpc) is 2.74. The molecule has 3 atom stereocenters. The van der Waals surface area contributed by atoms with Gasteiger partial charge in [0.1, 0.15) is 12.4 Å². The number of nitrogens with zero attached hydrogens (tertiary/aromatic N) is 1. The van der Waals surface area contributed by atoms with Crippen LogP contribution in [0.5, 0.6) is 5.75 Å². The summed E-state index contributed by atoms with van der Waals surface area (Å²) in [5.74, 6) is 0.838. The first kappa shape index (κ1) is 23.6. The lowest BCUT2D eigenvalue weighted by Crippen LogP contribution is -2.41. The summed E-state index contributed by atoms with van der Waals surface area (Å²) in [5, 5.41) is 20.6. The van der Waals surface area contributed by atoms with Gasteiger partial charge in [0.25, 0.3) is 0 Å². The van der Waals surface area contributed by atoms with E-state index in [0.29, 0.717) is 32.9 Å². The smallest absolute Gasteiger partial charge is 0.120 e. The SMILES string of the molecule is CC(COc1ccc2ccccc2c1)OCC(C)OCC(C)N(CCO)CCO. The zero-order chi connectivity index (χ0) is 21.1. The Morgan fingerprint density at radius 1 is 0.793 bits per heavy atom. The number of ether oxygens (including phenoxy) is 3. The van der Waals surface area contributed by atoms with Crippen molar-refractivity contribution in [2.75, 3.05) is 46.1 Å². The van der Waals surface area contributed by atoms with Gasteiger partial charge in [-0.05, 0) is 43.7 Å². The first-order chi connectivity index (χ1) is 14.0. The molecule has 2 aromatic carbocycles. The molecule has 2 N–H and O–H groups in total. The summed E-state index contributed by atoms with van der Waals surface area (Å²) in [4.78, 5) is 2.01. The average molecular weight is 406 g/mol. The molecule has 3 unspecified atom stereocenters. The minimum atomic E-state index is -0.0507. The summed E-state index contributed by atoms with van der Waals surface area (Å²) < 4.78 is 17.6. The summed E-state index contributed by atoms with van der Waals surface area (Å²) in [6, 6.07) is 14.4. The van der Waals surface area contributed by atoms with E-state index in [1.807, 2.05) is 49.9 Å². The number of fused-ring (bicyclic) bond motifs is 1. The highest BCUT2D eigenvalue weighted by Gasteiger charge is 2.15. The van der Waals surface area contributed by atoms with E-state index in [2.05, 4.69) is 18.2 Å². The lowest BCUT2D eigenvalue weighted by Gasteiger charge is -2.28. The Kier molecular flexibility index (Phi) is 10.4. The van der Waals surface area contributed by atoms with E-state index < -0.39 is 0 Å². The summed E-state index contributed by atoms with van der Waals surface area (Å²) >= 11 is 0. The molecule has 0 amide bonds. The molecule has 0 bridgehead atoms. The Hall–Kier alpha value is -1.70. The monoisotopic (exact) mass is 405 g/mol. The zero-order valence-electron chi connectivity index (χ0n) is 17.8. The van der Waals surface area contributed by atoms with E-state index in [4.69, 9.17) is 24.4 Å². The molecule has 0 spiro atoms. The molecule has 0 heterocycles. The summed E-state index contributed by atoms with van der Waals surface area (Å²) in [6.07, 6.45) is -0.101. The fourth-order valence-electron chi connectivity index (χ4n) is 3.09. The fourth-order valence-corrected chi connectivity index (χ4v) is 3.09. The van der Waals surface area contributed by atoms with E-state index in [1.165, 1.54) is 5.39 Å². The molecule has 6 heteroatoms. The van der Waals surface area contributed by atoms with Crippen LogP contribution in [0.2, 0.25) is 0 Å². The lowest BCUT2D eigenvalue weighted by molar-refractivity contribution is -0.0555. The predicted octanol–water partition coefficient (Wildman–Crippen LogP) is 2.70. The van der Waals surface area contributed by atoms with Crippen LogP contribution in [0.15, 0.2) is 42.5 Å². The highest BCUT2D eigenvalue weighted by molar-refractivity contribution is 5.83. The maximum absolute atomic E-state index is 9.12. The van der Waals surface area contributed by atoms with Gasteiger partial charge >= 0.3 is 0 Å². The molecule has 0 fully saturated rings. The van der Waals surface area contributed by atoms with Gasteiger partial charge in [0.15, 0.2) is 0 Å². The van der Waals surface area contributed by atoms with Crippen molar-refractivity contribution < 1.29 is 24.4 Å². The van der Waals surface area contributed by atoms with Gasteiger partial charge in [-0.3, -0.25) is 4.90 Å². The highest BCUT2D eigenvalue weighted by Crippen LogP contribution is 2.20. The lowest BCUT2D eigenvalue weighted by atomic mass is 10.1. The third-order valence-electron chi connectivity index (χ3n) is 4.84. The van der Waals surface area contributed by atoms with Crippen LogP contribution in [0.3, 0.4) is 0 Å². The van der Waals surface area contributed by atoms with Gasteiger partial charge < -0.3 is 24.4 Å². The summed E-state index contributed by atoms with van der Waals surface area (Å²) in [6.45, 7) is 8.66. The van der Waals surface area contributed by atoms with Crippen LogP contribution in [0.25, 0.3) is 10.8 Å². The first-order valence-corrected chi connectivity index (χ1v) is 10.3. The van der Waals surface area contributed by atoms with E-state index in [9.17, 15) is 0 Å². The van der Waals surface area contributed by atoms with Crippen molar-refractivity contribution in [1.29, 1.82) is 0 Å². The van der Waals surface area contributed by atoms with Crippen LogP contribution < -0.4 is 4.74 Å². The van der Waals surface area contributed by atoms with Gasteiger partial charge in [-0.15, -0.1) is 0 Å². The molecular formula is C23H35NO5. The standard InChI is InChI=1S/C23H35NO5/c1-18(24(10-12-25)11-13-26)15-27-19(2)16-28-20(3)17-29-23-9-8-21-6-4-5-7-22(21)14-23/h4-9,14,18-20,25-26H,10-13,15-17H2,1-3H3. The number of hydrogen-bond donors (Lipinski definition) is 2. The van der Waals surface area contributed by atoms with Crippen LogP contribution in [0.1, 0.15) is 20.8 Å². The molecule has 0 aliphatic heterocycles. The Labute approximate surface area is 174 Å². The second kappa shape index (κ2) is 12.8. The second-order valence-electron chi connectivity index (χ2n) is 7.44. The molecule has 6 nitrogen and oxygen atoms in total. The predicted molar refractivity (Wildman–Crippen MR) is 115 cm³/mol. The number of aliphatic hydroxyl groups is 2. The van der Waals surface area contributed by atoms with Gasteiger partial charge in [0.2, 0.25) is 0 Å². The molecule has 29 heavy (non-hydrogen) atoms. The van der Waals surface area contributed by atoms with Gasteiger partial charge in [-0.25, -0.2) is 0 Å². The van der Waals surface area contributed by atoms with Crippen molar-refractivity contribution in [2.24, 2.45) is 0 Å². The minimum Gasteiger partial charge on any atom is -0.491 e. The van der Waals surface area contributed by atoms with Gasteiger partial charge in [0, 0.05) is 19.1 Å². The topological polar surface area (TPSA) is 71.4 Å². The van der Waals surface area contributed by atoms with Gasteiger partial charge in [-0.1, -0.05) is 30.3 Å². The molecule has 2 rings (SSSR count). The summed E-state index contributed by atoms with van der Waals surface area (Å²) in [5.41, 5.74) is 0. The van der Waals surface area contributed by atoms with Crippen molar-refractivity contribution in [3.05, 3.63) is 42.5 Å². The third kappa shape index (κ3) is 8.28. The van der Waals surface area contributed by atoms with Crippen molar-refractivity contribution in [2.45, 2.75) is 39.0 Å². The van der Waals surface area contributed by atoms with Crippen LogP contribution in [0.4, 0.5) is 0 Å². The molecular weight excluding hydrogens is 370 g/mol. The van der Waals surface area contributed by atoms with Crippen molar-refractivity contribution in [3.8, 4) is 5.75 Å². The molecule has 0 aliphatic carbocycles. The quantitative estimate of drug-likeness (QED) is 0.504. The van der Waals surface area contributed by atoms with Crippen molar-refractivity contribution >= 4 is 10.8 Å². The largest absolute Gasteiger partial charge is 0.491 e. The molecule has 0 aromatic heterocycles. The Bertz CT molecular complexity index is 704. The number of hydrogen-bond acceptors (Lipinski definition) is 6. The number of aliphatic hydroxyl groups excluding tert-OH is 2. The number of benzene rings is 2. The maximum atomic E-state index is 9.12. The van der Waals surface area contributed by atoms with Crippen molar-refractivity contribution in [1.82, 2.24) is 4.90 Å². The highest BCUT2D eigenvalue weighted by atomic mass is 16.6. The molecule has 0 saturated heterocycles. The van der Waals surface area contributed by atoms with Crippen molar-refractivity contribution in [3.63, 3.8) is 0 Å². The molecule has 0 aliphatic rings.